The second-order valence-corrected chi connectivity index (χ2v) is 4.22. The molecule has 1 rings (SSSR count). The van der Waals surface area contributed by atoms with Gasteiger partial charge in [0.15, 0.2) is 0 Å². The average Bonchev–Trinajstić information content (AvgIpc) is 2.30. The van der Waals surface area contributed by atoms with Crippen LogP contribution >= 0.6 is 11.6 Å². The highest BCUT2D eigenvalue weighted by molar-refractivity contribution is 6.18. The fourth-order valence-corrected chi connectivity index (χ4v) is 1.73. The topological polar surface area (TPSA) is 66.8 Å². The van der Waals surface area contributed by atoms with Crippen LogP contribution in [-0.2, 0) is 16.0 Å². The molecule has 0 saturated carbocycles. The fraction of sp³-hybridized carbons (Fsp3) is 0.417. The van der Waals surface area contributed by atoms with Crippen LogP contribution in [0.15, 0.2) is 24.3 Å². The van der Waals surface area contributed by atoms with Crippen molar-refractivity contribution in [2.75, 3.05) is 5.88 Å². The third-order valence-corrected chi connectivity index (χ3v) is 2.65. The Balaban J connectivity index is 2.90. The summed E-state index contributed by atoms with van der Waals surface area (Å²) < 4.78 is 17.4. The lowest BCUT2D eigenvalue weighted by Crippen LogP contribution is -2.49. The van der Waals surface area contributed by atoms with Crippen molar-refractivity contribution in [1.82, 2.24) is 0 Å². The number of halogens is 2. The van der Waals surface area contributed by atoms with Crippen LogP contribution in [0.1, 0.15) is 12.5 Å². The van der Waals surface area contributed by atoms with Crippen molar-refractivity contribution in [1.29, 1.82) is 0 Å². The first-order valence-corrected chi connectivity index (χ1v) is 5.81. The summed E-state index contributed by atoms with van der Waals surface area (Å²) in [5.74, 6) is -3.59. The minimum atomic E-state index is -2.12. The molecule has 2 atom stereocenters. The second kappa shape index (κ2) is 6.13. The average molecular weight is 277 g/mol. The maximum absolute atomic E-state index is 12.7. The molecule has 0 spiro atoms. The van der Waals surface area contributed by atoms with Crippen LogP contribution in [0, 0.1) is 5.82 Å². The SMILES string of the molecule is CC(=O)O[C@@](O)(Cc1ccc(F)cc1)[C@H](O)CCl. The summed E-state index contributed by atoms with van der Waals surface area (Å²) >= 11 is 5.45. The van der Waals surface area contributed by atoms with E-state index in [2.05, 4.69) is 0 Å². The lowest BCUT2D eigenvalue weighted by Gasteiger charge is -2.31. The monoisotopic (exact) mass is 276 g/mol. The Morgan fingerprint density at radius 1 is 1.50 bits per heavy atom. The van der Waals surface area contributed by atoms with Crippen molar-refractivity contribution in [3.8, 4) is 0 Å². The normalized spacial score (nSPS) is 15.8. The van der Waals surface area contributed by atoms with Crippen LogP contribution in [0.3, 0.4) is 0 Å². The van der Waals surface area contributed by atoms with Crippen molar-refractivity contribution in [2.24, 2.45) is 0 Å². The molecule has 0 aliphatic heterocycles. The number of hydrogen-bond donors (Lipinski definition) is 2. The van der Waals surface area contributed by atoms with E-state index in [1.165, 1.54) is 24.3 Å². The Bertz CT molecular complexity index is 409. The number of esters is 1. The van der Waals surface area contributed by atoms with E-state index >= 15 is 0 Å². The molecule has 0 unspecified atom stereocenters. The summed E-state index contributed by atoms with van der Waals surface area (Å²) in [6.07, 6.45) is -1.62. The van der Waals surface area contributed by atoms with Crippen LogP contribution in [-0.4, -0.2) is 34.0 Å². The first kappa shape index (κ1) is 14.9. The van der Waals surface area contributed by atoms with Gasteiger partial charge in [0.05, 0.1) is 5.88 Å². The number of ether oxygens (including phenoxy) is 1. The molecule has 0 aliphatic carbocycles. The predicted molar refractivity (Wildman–Crippen MR) is 63.5 cm³/mol. The van der Waals surface area contributed by atoms with Gasteiger partial charge in [0.2, 0.25) is 5.79 Å². The molecule has 0 heterocycles. The highest BCUT2D eigenvalue weighted by Gasteiger charge is 2.38. The van der Waals surface area contributed by atoms with E-state index in [0.717, 1.165) is 6.92 Å². The lowest BCUT2D eigenvalue weighted by molar-refractivity contribution is -0.240. The quantitative estimate of drug-likeness (QED) is 0.482. The molecule has 0 saturated heterocycles. The summed E-state index contributed by atoms with van der Waals surface area (Å²) in [6, 6.07) is 5.25. The smallest absolute Gasteiger partial charge is 0.305 e. The number of hydrogen-bond acceptors (Lipinski definition) is 4. The molecule has 6 heteroatoms. The third-order valence-electron chi connectivity index (χ3n) is 2.36. The van der Waals surface area contributed by atoms with Crippen molar-refractivity contribution in [2.45, 2.75) is 25.2 Å². The molecule has 2 N–H and O–H groups in total. The van der Waals surface area contributed by atoms with Crippen molar-refractivity contribution in [3.63, 3.8) is 0 Å². The van der Waals surface area contributed by atoms with Crippen molar-refractivity contribution < 1.29 is 24.1 Å². The molecular formula is C12H14ClFO4. The van der Waals surface area contributed by atoms with E-state index in [1.807, 2.05) is 0 Å². The van der Waals surface area contributed by atoms with E-state index in [4.69, 9.17) is 16.3 Å². The van der Waals surface area contributed by atoms with E-state index in [0.29, 0.717) is 5.56 Å². The van der Waals surface area contributed by atoms with Gasteiger partial charge >= 0.3 is 5.97 Å². The van der Waals surface area contributed by atoms with E-state index in [-0.39, 0.29) is 12.3 Å². The zero-order chi connectivity index (χ0) is 13.8. The minimum absolute atomic E-state index is 0.180. The summed E-state index contributed by atoms with van der Waals surface area (Å²) in [5.41, 5.74) is 0.504. The molecule has 0 radical (unpaired) electrons. The number of alkyl halides is 1. The standard InChI is InChI=1S/C12H14ClFO4/c1-8(15)18-12(17,11(16)7-13)6-9-2-4-10(14)5-3-9/h2-5,11,16-17H,6-7H2,1H3/t11-,12+/m1/s1. The van der Waals surface area contributed by atoms with E-state index < -0.39 is 23.7 Å². The molecule has 0 fully saturated rings. The number of benzene rings is 1. The fourth-order valence-electron chi connectivity index (χ4n) is 1.49. The van der Waals surface area contributed by atoms with Crippen molar-refractivity contribution in [3.05, 3.63) is 35.6 Å². The van der Waals surface area contributed by atoms with Gasteiger partial charge in [-0.25, -0.2) is 4.39 Å². The van der Waals surface area contributed by atoms with E-state index in [9.17, 15) is 19.4 Å². The van der Waals surface area contributed by atoms with Gasteiger partial charge in [-0.3, -0.25) is 4.79 Å². The van der Waals surface area contributed by atoms with Crippen LogP contribution in [0.2, 0.25) is 0 Å². The predicted octanol–water partition coefficient (Wildman–Crippen LogP) is 1.22. The van der Waals surface area contributed by atoms with Gasteiger partial charge in [0, 0.05) is 13.3 Å². The van der Waals surface area contributed by atoms with Crippen LogP contribution in [0.25, 0.3) is 0 Å². The highest BCUT2D eigenvalue weighted by atomic mass is 35.5. The number of aliphatic hydroxyl groups excluding tert-OH is 1. The molecule has 4 nitrogen and oxygen atoms in total. The summed E-state index contributed by atoms with van der Waals surface area (Å²) in [7, 11) is 0. The molecule has 1 aromatic carbocycles. The Morgan fingerprint density at radius 3 is 2.50 bits per heavy atom. The number of aliphatic hydroxyl groups is 2. The third kappa shape index (κ3) is 3.94. The zero-order valence-electron chi connectivity index (χ0n) is 9.77. The van der Waals surface area contributed by atoms with Gasteiger partial charge in [0.1, 0.15) is 11.9 Å². The van der Waals surface area contributed by atoms with Gasteiger partial charge < -0.3 is 14.9 Å². The number of carbonyl (C=O) groups is 1. The first-order valence-electron chi connectivity index (χ1n) is 5.28. The molecule has 0 bridgehead atoms. The molecule has 0 amide bonds. The molecular weight excluding hydrogens is 263 g/mol. The first-order chi connectivity index (χ1) is 8.37. The molecule has 0 aliphatic rings. The maximum atomic E-state index is 12.7. The maximum Gasteiger partial charge on any atom is 0.305 e. The van der Waals surface area contributed by atoms with E-state index in [1.54, 1.807) is 0 Å². The Kier molecular flexibility index (Phi) is 5.07. The second-order valence-electron chi connectivity index (χ2n) is 3.91. The summed E-state index contributed by atoms with van der Waals surface area (Å²) in [4.78, 5) is 10.9. The zero-order valence-corrected chi connectivity index (χ0v) is 10.5. The largest absolute Gasteiger partial charge is 0.430 e. The Hall–Kier alpha value is -1.17. The Labute approximate surface area is 109 Å². The van der Waals surface area contributed by atoms with Gasteiger partial charge in [-0.1, -0.05) is 12.1 Å². The van der Waals surface area contributed by atoms with Gasteiger partial charge in [0.25, 0.3) is 0 Å². The summed E-state index contributed by atoms with van der Waals surface area (Å²) in [6.45, 7) is 1.11. The number of carbonyl (C=O) groups excluding carboxylic acids is 1. The van der Waals surface area contributed by atoms with Crippen LogP contribution < -0.4 is 0 Å². The summed E-state index contributed by atoms with van der Waals surface area (Å²) in [5, 5.41) is 19.7. The molecule has 0 aromatic heterocycles. The van der Waals surface area contributed by atoms with Gasteiger partial charge in [-0.05, 0) is 17.7 Å². The van der Waals surface area contributed by atoms with Crippen LogP contribution in [0.4, 0.5) is 4.39 Å². The molecule has 18 heavy (non-hydrogen) atoms. The van der Waals surface area contributed by atoms with Gasteiger partial charge in [-0.2, -0.15) is 0 Å². The number of rotatable bonds is 5. The van der Waals surface area contributed by atoms with Crippen LogP contribution in [0.5, 0.6) is 0 Å². The lowest BCUT2D eigenvalue weighted by atomic mass is 10.0. The minimum Gasteiger partial charge on any atom is -0.430 e. The Morgan fingerprint density at radius 2 is 2.06 bits per heavy atom. The molecule has 1 aromatic rings. The van der Waals surface area contributed by atoms with Gasteiger partial charge in [-0.15, -0.1) is 11.6 Å². The molecule has 100 valence electrons. The van der Waals surface area contributed by atoms with Crippen molar-refractivity contribution >= 4 is 17.6 Å². The highest BCUT2D eigenvalue weighted by Crippen LogP contribution is 2.21.